The van der Waals surface area contributed by atoms with Gasteiger partial charge in [0.1, 0.15) is 0 Å². The Morgan fingerprint density at radius 3 is 3.00 bits per heavy atom. The number of halogens is 1. The van der Waals surface area contributed by atoms with E-state index in [9.17, 15) is 4.39 Å². The summed E-state index contributed by atoms with van der Waals surface area (Å²) in [6.45, 7) is 4.38. The lowest BCUT2D eigenvalue weighted by Crippen LogP contribution is -2.45. The Bertz CT molecular complexity index is 1010. The fraction of sp³-hybridized carbons (Fsp3) is 0.364. The number of H-pyrrole nitrogens is 1. The smallest absolute Gasteiger partial charge is 0.191 e. The van der Waals surface area contributed by atoms with Gasteiger partial charge in [-0.3, -0.25) is 4.99 Å². The summed E-state index contributed by atoms with van der Waals surface area (Å²) < 4.78 is 14.0. The van der Waals surface area contributed by atoms with Crippen molar-refractivity contribution < 1.29 is 4.39 Å². The van der Waals surface area contributed by atoms with E-state index in [1.807, 2.05) is 11.0 Å². The summed E-state index contributed by atoms with van der Waals surface area (Å²) in [5.41, 5.74) is 3.72. The number of nitrogens with zero attached hydrogens (tertiary/aromatic N) is 3. The van der Waals surface area contributed by atoms with Crippen LogP contribution in [0.15, 0.2) is 47.6 Å². The second kappa shape index (κ2) is 8.51. The molecule has 1 aliphatic heterocycles. The molecule has 0 radical (unpaired) electrons. The third kappa shape index (κ3) is 4.18. The first-order valence-electron chi connectivity index (χ1n) is 10.0. The molecule has 6 nitrogen and oxygen atoms in total. The van der Waals surface area contributed by atoms with Crippen LogP contribution >= 0.6 is 0 Å². The normalized spacial score (nSPS) is 17.1. The first kappa shape index (κ1) is 19.2. The fourth-order valence-corrected chi connectivity index (χ4v) is 4.03. The largest absolute Gasteiger partial charge is 0.358 e. The standard InChI is InChI=1S/C22H27FN6/c1-15-17(18-6-3-4-8-20(18)27-15)9-12-26-22(24-2)28-16-10-13-29(14-16)21-19(23)7-5-11-25-21/h3-8,11,16,27H,9-10,12-14H2,1-2H3,(H2,24,26,28). The number of aromatic nitrogens is 2. The number of fused-ring (bicyclic) bond motifs is 1. The lowest BCUT2D eigenvalue weighted by molar-refractivity contribution is 0.612. The molecule has 1 saturated heterocycles. The predicted octanol–water partition coefficient (Wildman–Crippen LogP) is 3.00. The molecule has 152 valence electrons. The van der Waals surface area contributed by atoms with Crippen LogP contribution in [-0.4, -0.2) is 48.7 Å². The highest BCUT2D eigenvalue weighted by atomic mass is 19.1. The number of pyridine rings is 1. The van der Waals surface area contributed by atoms with Gasteiger partial charge in [0.25, 0.3) is 0 Å². The molecule has 1 aliphatic rings. The third-order valence-corrected chi connectivity index (χ3v) is 5.49. The van der Waals surface area contributed by atoms with Crippen LogP contribution in [0.1, 0.15) is 17.7 Å². The van der Waals surface area contributed by atoms with E-state index < -0.39 is 0 Å². The summed E-state index contributed by atoms with van der Waals surface area (Å²) in [5.74, 6) is 0.926. The summed E-state index contributed by atoms with van der Waals surface area (Å²) in [6.07, 6.45) is 3.46. The molecule has 0 bridgehead atoms. The minimum atomic E-state index is -0.273. The Morgan fingerprint density at radius 2 is 2.17 bits per heavy atom. The van der Waals surface area contributed by atoms with Crippen molar-refractivity contribution in [3.8, 4) is 0 Å². The highest BCUT2D eigenvalue weighted by Gasteiger charge is 2.25. The number of para-hydroxylation sites is 1. The molecule has 3 aromatic rings. The Hall–Kier alpha value is -3.09. The number of hydrogen-bond acceptors (Lipinski definition) is 3. The Balaban J connectivity index is 1.31. The van der Waals surface area contributed by atoms with Gasteiger partial charge >= 0.3 is 0 Å². The van der Waals surface area contributed by atoms with Crippen molar-refractivity contribution in [1.29, 1.82) is 0 Å². The first-order chi connectivity index (χ1) is 14.2. The van der Waals surface area contributed by atoms with Crippen molar-refractivity contribution in [2.75, 3.05) is 31.6 Å². The Morgan fingerprint density at radius 1 is 1.31 bits per heavy atom. The Kier molecular flexibility index (Phi) is 5.64. The van der Waals surface area contributed by atoms with Gasteiger partial charge in [0.05, 0.1) is 0 Å². The number of benzene rings is 1. The SMILES string of the molecule is CN=C(NCCc1c(C)[nH]c2ccccc12)NC1CCN(c2ncccc2F)C1. The maximum atomic E-state index is 14.0. The van der Waals surface area contributed by atoms with Crippen LogP contribution in [0, 0.1) is 12.7 Å². The molecule has 0 spiro atoms. The number of aliphatic imine (C=N–C) groups is 1. The minimum Gasteiger partial charge on any atom is -0.358 e. The lowest BCUT2D eigenvalue weighted by atomic mass is 10.1. The van der Waals surface area contributed by atoms with E-state index >= 15 is 0 Å². The molecule has 0 aliphatic carbocycles. The van der Waals surface area contributed by atoms with Crippen molar-refractivity contribution in [3.05, 3.63) is 59.7 Å². The average molecular weight is 394 g/mol. The van der Waals surface area contributed by atoms with E-state index in [4.69, 9.17) is 0 Å². The van der Waals surface area contributed by atoms with Gasteiger partial charge < -0.3 is 20.5 Å². The van der Waals surface area contributed by atoms with Gasteiger partial charge in [-0.15, -0.1) is 0 Å². The van der Waals surface area contributed by atoms with Crippen LogP contribution in [0.3, 0.4) is 0 Å². The molecule has 4 rings (SSSR count). The van der Waals surface area contributed by atoms with Gasteiger partial charge in [-0.2, -0.15) is 0 Å². The maximum absolute atomic E-state index is 14.0. The van der Waals surface area contributed by atoms with Crippen LogP contribution in [0.4, 0.5) is 10.2 Å². The van der Waals surface area contributed by atoms with E-state index in [-0.39, 0.29) is 11.9 Å². The van der Waals surface area contributed by atoms with E-state index in [0.29, 0.717) is 12.4 Å². The molecule has 29 heavy (non-hydrogen) atoms. The molecule has 1 fully saturated rings. The number of hydrogen-bond donors (Lipinski definition) is 3. The van der Waals surface area contributed by atoms with Crippen LogP contribution in [0.25, 0.3) is 10.9 Å². The predicted molar refractivity (Wildman–Crippen MR) is 116 cm³/mol. The van der Waals surface area contributed by atoms with Gasteiger partial charge in [0.15, 0.2) is 17.6 Å². The zero-order valence-electron chi connectivity index (χ0n) is 16.9. The van der Waals surface area contributed by atoms with Gasteiger partial charge in [-0.25, -0.2) is 9.37 Å². The molecule has 0 amide bonds. The molecular formula is C22H27FN6. The second-order valence-corrected chi connectivity index (χ2v) is 7.41. The van der Waals surface area contributed by atoms with E-state index in [2.05, 4.69) is 50.7 Å². The summed E-state index contributed by atoms with van der Waals surface area (Å²) >= 11 is 0. The quantitative estimate of drug-likeness (QED) is 0.460. The van der Waals surface area contributed by atoms with Crippen LogP contribution in [0.5, 0.6) is 0 Å². The van der Waals surface area contributed by atoms with Crippen LogP contribution < -0.4 is 15.5 Å². The monoisotopic (exact) mass is 394 g/mol. The van der Waals surface area contributed by atoms with Gasteiger partial charge in [-0.05, 0) is 43.5 Å². The zero-order valence-corrected chi connectivity index (χ0v) is 16.9. The molecule has 3 heterocycles. The molecule has 1 aromatic carbocycles. The summed E-state index contributed by atoms with van der Waals surface area (Å²) in [5, 5.41) is 8.14. The number of nitrogens with one attached hydrogen (secondary N) is 3. The molecule has 2 aromatic heterocycles. The van der Waals surface area contributed by atoms with Crippen molar-refractivity contribution in [2.24, 2.45) is 4.99 Å². The molecule has 0 saturated carbocycles. The highest BCUT2D eigenvalue weighted by Crippen LogP contribution is 2.22. The molecule has 1 unspecified atom stereocenters. The summed E-state index contributed by atoms with van der Waals surface area (Å²) in [4.78, 5) is 14.0. The van der Waals surface area contributed by atoms with Crippen molar-refractivity contribution in [1.82, 2.24) is 20.6 Å². The molecule has 3 N–H and O–H groups in total. The molecule has 7 heteroatoms. The number of guanidine groups is 1. The maximum Gasteiger partial charge on any atom is 0.191 e. The molecular weight excluding hydrogens is 367 g/mol. The zero-order chi connectivity index (χ0) is 20.2. The highest BCUT2D eigenvalue weighted by molar-refractivity contribution is 5.85. The first-order valence-corrected chi connectivity index (χ1v) is 10.0. The van der Waals surface area contributed by atoms with Crippen molar-refractivity contribution >= 4 is 22.7 Å². The summed E-state index contributed by atoms with van der Waals surface area (Å²) in [7, 11) is 1.78. The number of aryl methyl sites for hydroxylation is 1. The minimum absolute atomic E-state index is 0.206. The number of anilines is 1. The van der Waals surface area contributed by atoms with Crippen molar-refractivity contribution in [2.45, 2.75) is 25.8 Å². The van der Waals surface area contributed by atoms with Crippen LogP contribution in [-0.2, 0) is 6.42 Å². The lowest BCUT2D eigenvalue weighted by Gasteiger charge is -2.20. The average Bonchev–Trinajstić information content (AvgIpc) is 3.31. The van der Waals surface area contributed by atoms with Crippen LogP contribution in [0.2, 0.25) is 0 Å². The summed E-state index contributed by atoms with van der Waals surface area (Å²) in [6, 6.07) is 11.7. The molecule has 1 atom stereocenters. The van der Waals surface area contributed by atoms with E-state index in [1.165, 1.54) is 28.2 Å². The second-order valence-electron chi connectivity index (χ2n) is 7.41. The number of aromatic amines is 1. The fourth-order valence-electron chi connectivity index (χ4n) is 4.03. The van der Waals surface area contributed by atoms with E-state index in [1.54, 1.807) is 19.3 Å². The van der Waals surface area contributed by atoms with E-state index in [0.717, 1.165) is 31.9 Å². The van der Waals surface area contributed by atoms with Gasteiger partial charge in [-0.1, -0.05) is 18.2 Å². The Labute approximate surface area is 170 Å². The van der Waals surface area contributed by atoms with Gasteiger partial charge in [0, 0.05) is 55.5 Å². The number of rotatable bonds is 5. The topological polar surface area (TPSA) is 68.3 Å². The van der Waals surface area contributed by atoms with Crippen molar-refractivity contribution in [3.63, 3.8) is 0 Å². The third-order valence-electron chi connectivity index (χ3n) is 5.49. The van der Waals surface area contributed by atoms with Gasteiger partial charge in [0.2, 0.25) is 0 Å².